The van der Waals surface area contributed by atoms with Crippen LogP contribution in [0.4, 0.5) is 0 Å². The van der Waals surface area contributed by atoms with Gasteiger partial charge in [-0.25, -0.2) is 4.79 Å². The van der Waals surface area contributed by atoms with Gasteiger partial charge in [0, 0.05) is 17.4 Å². The molecule has 3 amide bonds. The number of halogens is 1. The van der Waals surface area contributed by atoms with Crippen LogP contribution in [0, 0.1) is 0 Å². The summed E-state index contributed by atoms with van der Waals surface area (Å²) in [6, 6.07) is 4.89. The summed E-state index contributed by atoms with van der Waals surface area (Å²) in [5.41, 5.74) is -0.323. The van der Waals surface area contributed by atoms with Crippen LogP contribution in [0.1, 0.15) is 59.7 Å². The van der Waals surface area contributed by atoms with Crippen LogP contribution in [0.25, 0.3) is 0 Å². The average Bonchev–Trinajstić information content (AvgIpc) is 3.19. The summed E-state index contributed by atoms with van der Waals surface area (Å²) in [6.07, 6.45) is 2.70. The Morgan fingerprint density at radius 3 is 2.52 bits per heavy atom. The van der Waals surface area contributed by atoms with Gasteiger partial charge in [-0.3, -0.25) is 19.3 Å². The molecule has 8 heteroatoms. The monoisotopic (exact) mass is 436 g/mol. The number of nitrogens with zero attached hydrogens (tertiary/aromatic N) is 1. The minimum Gasteiger partial charge on any atom is -0.464 e. The highest BCUT2D eigenvalue weighted by atomic mass is 79.9. The fourth-order valence-electron chi connectivity index (χ4n) is 3.64. The van der Waals surface area contributed by atoms with E-state index in [-0.39, 0.29) is 25.5 Å². The standard InChI is InChI=1S/C19H21BrN2O5/c1-2-27-18(26)19(8-3-4-9-19)21-15(23)7-10-22-16(24)13-6-5-12(20)11-14(13)17(22)25/h5-6,11H,2-4,7-10H2,1H3,(H,21,23). The van der Waals surface area contributed by atoms with Crippen LogP contribution >= 0.6 is 15.9 Å². The van der Waals surface area contributed by atoms with Crippen molar-refractivity contribution in [2.24, 2.45) is 0 Å². The van der Waals surface area contributed by atoms with E-state index >= 15 is 0 Å². The molecule has 1 aliphatic heterocycles. The Labute approximate surface area is 165 Å². The zero-order valence-corrected chi connectivity index (χ0v) is 16.6. The highest BCUT2D eigenvalue weighted by molar-refractivity contribution is 9.10. The summed E-state index contributed by atoms with van der Waals surface area (Å²) in [7, 11) is 0. The number of amides is 3. The predicted octanol–water partition coefficient (Wildman–Crippen LogP) is 2.43. The van der Waals surface area contributed by atoms with Gasteiger partial charge in [0.2, 0.25) is 5.91 Å². The van der Waals surface area contributed by atoms with Gasteiger partial charge in [0.25, 0.3) is 11.8 Å². The summed E-state index contributed by atoms with van der Waals surface area (Å²) < 4.78 is 5.83. The molecule has 3 rings (SSSR count). The highest BCUT2D eigenvalue weighted by Gasteiger charge is 2.44. The van der Waals surface area contributed by atoms with Gasteiger partial charge >= 0.3 is 5.97 Å². The molecule has 2 aliphatic rings. The topological polar surface area (TPSA) is 92.8 Å². The number of carbonyl (C=O) groups excluding carboxylic acids is 4. The molecule has 0 radical (unpaired) electrons. The first-order valence-corrected chi connectivity index (χ1v) is 9.81. The zero-order valence-electron chi connectivity index (χ0n) is 15.0. The van der Waals surface area contributed by atoms with E-state index in [2.05, 4.69) is 21.2 Å². The summed E-state index contributed by atoms with van der Waals surface area (Å²) in [4.78, 5) is 50.7. The lowest BCUT2D eigenvalue weighted by Gasteiger charge is -2.28. The molecular formula is C19H21BrN2O5. The molecule has 0 saturated heterocycles. The molecule has 0 atom stereocenters. The maximum Gasteiger partial charge on any atom is 0.331 e. The second-order valence-corrected chi connectivity index (χ2v) is 7.68. The van der Waals surface area contributed by atoms with Crippen molar-refractivity contribution < 1.29 is 23.9 Å². The number of nitrogens with one attached hydrogen (secondary N) is 1. The van der Waals surface area contributed by atoms with Crippen molar-refractivity contribution in [2.45, 2.75) is 44.6 Å². The van der Waals surface area contributed by atoms with E-state index < -0.39 is 23.3 Å². The number of imide groups is 1. The van der Waals surface area contributed by atoms with Gasteiger partial charge in [0.1, 0.15) is 5.54 Å². The van der Waals surface area contributed by atoms with Gasteiger partial charge in [-0.1, -0.05) is 28.8 Å². The predicted molar refractivity (Wildman–Crippen MR) is 100 cm³/mol. The minimum absolute atomic E-state index is 0.0330. The van der Waals surface area contributed by atoms with Crippen LogP contribution < -0.4 is 5.32 Å². The number of hydrogen-bond acceptors (Lipinski definition) is 5. The SMILES string of the molecule is CCOC(=O)C1(NC(=O)CCN2C(=O)c3ccc(Br)cc3C2=O)CCCC1. The quantitative estimate of drug-likeness (QED) is 0.545. The van der Waals surface area contributed by atoms with Crippen LogP contribution in [0.5, 0.6) is 0 Å². The summed E-state index contributed by atoms with van der Waals surface area (Å²) >= 11 is 3.29. The Morgan fingerprint density at radius 1 is 1.19 bits per heavy atom. The van der Waals surface area contributed by atoms with E-state index in [1.165, 1.54) is 0 Å². The van der Waals surface area contributed by atoms with Crippen molar-refractivity contribution in [1.82, 2.24) is 10.2 Å². The van der Waals surface area contributed by atoms with Gasteiger partial charge < -0.3 is 10.1 Å². The van der Waals surface area contributed by atoms with Crippen molar-refractivity contribution >= 4 is 39.6 Å². The van der Waals surface area contributed by atoms with E-state index in [0.29, 0.717) is 28.4 Å². The van der Waals surface area contributed by atoms with Crippen LogP contribution in [-0.4, -0.2) is 47.3 Å². The van der Waals surface area contributed by atoms with Crippen molar-refractivity contribution in [3.8, 4) is 0 Å². The van der Waals surface area contributed by atoms with Crippen LogP contribution in [0.3, 0.4) is 0 Å². The van der Waals surface area contributed by atoms with Gasteiger partial charge in [0.05, 0.1) is 17.7 Å². The smallest absolute Gasteiger partial charge is 0.331 e. The van der Waals surface area contributed by atoms with Gasteiger partial charge in [-0.2, -0.15) is 0 Å². The second-order valence-electron chi connectivity index (χ2n) is 6.76. The number of benzene rings is 1. The molecule has 1 saturated carbocycles. The van der Waals surface area contributed by atoms with Crippen molar-refractivity contribution in [2.75, 3.05) is 13.2 Å². The fourth-order valence-corrected chi connectivity index (χ4v) is 4.00. The van der Waals surface area contributed by atoms with E-state index in [0.717, 1.165) is 17.7 Å². The molecule has 0 unspecified atom stereocenters. The molecule has 1 heterocycles. The maximum atomic E-state index is 12.5. The molecule has 1 aromatic rings. The average molecular weight is 437 g/mol. The lowest BCUT2D eigenvalue weighted by atomic mass is 9.97. The summed E-state index contributed by atoms with van der Waals surface area (Å²) in [6.45, 7) is 1.94. The highest BCUT2D eigenvalue weighted by Crippen LogP contribution is 2.31. The molecule has 1 aliphatic carbocycles. The van der Waals surface area contributed by atoms with Crippen molar-refractivity contribution in [1.29, 1.82) is 0 Å². The molecule has 1 aromatic carbocycles. The number of hydrogen-bond donors (Lipinski definition) is 1. The molecule has 1 N–H and O–H groups in total. The van der Waals surface area contributed by atoms with Crippen LogP contribution in [0.15, 0.2) is 22.7 Å². The lowest BCUT2D eigenvalue weighted by Crippen LogP contribution is -2.53. The number of fused-ring (bicyclic) bond motifs is 1. The van der Waals surface area contributed by atoms with Gasteiger partial charge in [-0.05, 0) is 38.0 Å². The van der Waals surface area contributed by atoms with Crippen LogP contribution in [-0.2, 0) is 14.3 Å². The minimum atomic E-state index is -0.986. The fraction of sp³-hybridized carbons (Fsp3) is 0.474. The Kier molecular flexibility index (Phi) is 5.64. The first-order chi connectivity index (χ1) is 12.9. The third-order valence-corrected chi connectivity index (χ3v) is 5.49. The second kappa shape index (κ2) is 7.80. The van der Waals surface area contributed by atoms with Crippen molar-refractivity contribution in [3.63, 3.8) is 0 Å². The lowest BCUT2D eigenvalue weighted by molar-refractivity contribution is -0.153. The summed E-state index contributed by atoms with van der Waals surface area (Å²) in [5, 5.41) is 2.79. The molecule has 1 fully saturated rings. The Bertz CT molecular complexity index is 801. The normalized spacial score (nSPS) is 17.8. The molecule has 0 spiro atoms. The maximum absolute atomic E-state index is 12.5. The number of carbonyl (C=O) groups is 4. The van der Waals surface area contributed by atoms with E-state index in [4.69, 9.17) is 4.74 Å². The Balaban J connectivity index is 1.63. The number of esters is 1. The van der Waals surface area contributed by atoms with Gasteiger partial charge in [-0.15, -0.1) is 0 Å². The Morgan fingerprint density at radius 2 is 1.85 bits per heavy atom. The first-order valence-electron chi connectivity index (χ1n) is 9.02. The van der Waals surface area contributed by atoms with Crippen molar-refractivity contribution in [3.05, 3.63) is 33.8 Å². The third-order valence-electron chi connectivity index (χ3n) is 5.00. The molecule has 0 bridgehead atoms. The molecular weight excluding hydrogens is 416 g/mol. The molecule has 144 valence electrons. The third kappa shape index (κ3) is 3.76. The van der Waals surface area contributed by atoms with Gasteiger partial charge in [0.15, 0.2) is 0 Å². The van der Waals surface area contributed by atoms with E-state index in [9.17, 15) is 19.2 Å². The largest absolute Gasteiger partial charge is 0.464 e. The number of ether oxygens (including phenoxy) is 1. The molecule has 7 nitrogen and oxygen atoms in total. The number of rotatable bonds is 6. The summed E-state index contributed by atoms with van der Waals surface area (Å²) in [5.74, 6) is -1.61. The van der Waals surface area contributed by atoms with Crippen LogP contribution in [0.2, 0.25) is 0 Å². The zero-order chi connectivity index (χ0) is 19.6. The first kappa shape index (κ1) is 19.5. The van der Waals surface area contributed by atoms with E-state index in [1.807, 2.05) is 0 Å². The molecule has 0 aromatic heterocycles. The molecule has 27 heavy (non-hydrogen) atoms. The Hall–Kier alpha value is -2.22. The van der Waals surface area contributed by atoms with E-state index in [1.54, 1.807) is 25.1 Å².